The van der Waals surface area contributed by atoms with E-state index in [9.17, 15) is 18.0 Å². The van der Waals surface area contributed by atoms with Crippen LogP contribution >= 0.6 is 0 Å². The number of halogens is 3. The highest BCUT2D eigenvalue weighted by atomic mass is 19.4. The third-order valence-electron chi connectivity index (χ3n) is 6.35. The molecule has 3 aromatic heterocycles. The minimum atomic E-state index is -4.46. The molecular formula is C24H22F3N5O2. The summed E-state index contributed by atoms with van der Waals surface area (Å²) in [5.41, 5.74) is 0.848. The van der Waals surface area contributed by atoms with Crippen molar-refractivity contribution in [2.75, 3.05) is 6.54 Å². The fraction of sp³-hybridized carbons (Fsp3) is 0.375. The topological polar surface area (TPSA) is 81.1 Å². The molecule has 1 amide bonds. The number of nitrogens with zero attached hydrogens (tertiary/aromatic N) is 5. The number of fused-ring (bicyclic) bond motifs is 3. The normalized spacial score (nSPS) is 22.0. The molecule has 2 aliphatic heterocycles. The Balaban J connectivity index is 1.40. The second kappa shape index (κ2) is 8.66. The fourth-order valence-corrected chi connectivity index (χ4v) is 4.75. The molecule has 0 spiro atoms. The zero-order valence-corrected chi connectivity index (χ0v) is 18.4. The lowest BCUT2D eigenvalue weighted by molar-refractivity contribution is -0.137. The quantitative estimate of drug-likeness (QED) is 0.566. The molecule has 3 unspecified atom stereocenters. The Morgan fingerprint density at radius 3 is 2.56 bits per heavy atom. The summed E-state index contributed by atoms with van der Waals surface area (Å²) in [6.07, 6.45) is 3.27. The monoisotopic (exact) mass is 469 g/mol. The van der Waals surface area contributed by atoms with Gasteiger partial charge in [0.25, 0.3) is 5.91 Å². The Morgan fingerprint density at radius 2 is 1.88 bits per heavy atom. The molecule has 2 saturated heterocycles. The van der Waals surface area contributed by atoms with Crippen LogP contribution in [0.5, 0.6) is 5.88 Å². The maximum atomic E-state index is 13.7. The molecule has 3 fully saturated rings. The van der Waals surface area contributed by atoms with Crippen molar-refractivity contribution in [3.8, 4) is 17.4 Å². The van der Waals surface area contributed by atoms with Crippen LogP contribution in [0.2, 0.25) is 0 Å². The van der Waals surface area contributed by atoms with Gasteiger partial charge < -0.3 is 9.64 Å². The van der Waals surface area contributed by atoms with Crippen LogP contribution in [0.1, 0.15) is 40.7 Å². The highest BCUT2D eigenvalue weighted by Crippen LogP contribution is 2.39. The Morgan fingerprint density at radius 1 is 1.09 bits per heavy atom. The third-order valence-corrected chi connectivity index (χ3v) is 6.35. The number of piperidine rings is 2. The van der Waals surface area contributed by atoms with Crippen molar-refractivity contribution in [2.45, 2.75) is 44.5 Å². The van der Waals surface area contributed by atoms with Crippen LogP contribution in [-0.2, 0) is 6.18 Å². The molecule has 3 aliphatic rings. The molecule has 7 nitrogen and oxygen atoms in total. The summed E-state index contributed by atoms with van der Waals surface area (Å²) in [4.78, 5) is 32.3. The van der Waals surface area contributed by atoms with Gasteiger partial charge in [-0.05, 0) is 55.9 Å². The van der Waals surface area contributed by atoms with E-state index in [1.807, 2.05) is 6.92 Å². The minimum absolute atomic E-state index is 0.119. The van der Waals surface area contributed by atoms with Gasteiger partial charge in [0.05, 0.1) is 17.2 Å². The molecule has 3 atom stereocenters. The lowest BCUT2D eigenvalue weighted by Crippen LogP contribution is -2.59. The van der Waals surface area contributed by atoms with E-state index in [0.29, 0.717) is 23.6 Å². The second-order valence-electron chi connectivity index (χ2n) is 8.72. The van der Waals surface area contributed by atoms with Crippen molar-refractivity contribution in [2.24, 2.45) is 5.92 Å². The first-order valence-corrected chi connectivity index (χ1v) is 11.0. The number of alkyl halides is 3. The minimum Gasteiger partial charge on any atom is -0.472 e. The average Bonchev–Trinajstić information content (AvgIpc) is 2.84. The summed E-state index contributed by atoms with van der Waals surface area (Å²) in [5.74, 6) is 0.549. The van der Waals surface area contributed by atoms with E-state index < -0.39 is 11.7 Å². The molecule has 176 valence electrons. The molecule has 0 radical (unpaired) electrons. The number of carbonyl (C=O) groups is 1. The molecule has 0 aromatic carbocycles. The zero-order valence-electron chi connectivity index (χ0n) is 18.4. The van der Waals surface area contributed by atoms with Gasteiger partial charge in [-0.3, -0.25) is 9.78 Å². The smallest absolute Gasteiger partial charge is 0.417 e. The first kappa shape index (κ1) is 22.2. The molecule has 1 saturated carbocycles. The fourth-order valence-electron chi connectivity index (χ4n) is 4.75. The summed E-state index contributed by atoms with van der Waals surface area (Å²) < 4.78 is 44.5. The Kier molecular flexibility index (Phi) is 5.66. The van der Waals surface area contributed by atoms with Crippen molar-refractivity contribution >= 4 is 5.91 Å². The third kappa shape index (κ3) is 4.32. The maximum absolute atomic E-state index is 13.7. The number of pyridine rings is 2. The van der Waals surface area contributed by atoms with Crippen LogP contribution in [-0.4, -0.2) is 49.4 Å². The van der Waals surface area contributed by atoms with Gasteiger partial charge in [-0.1, -0.05) is 0 Å². The largest absolute Gasteiger partial charge is 0.472 e. The van der Waals surface area contributed by atoms with E-state index >= 15 is 0 Å². The van der Waals surface area contributed by atoms with Crippen LogP contribution in [0.15, 0.2) is 49.1 Å². The van der Waals surface area contributed by atoms with E-state index in [1.54, 1.807) is 35.6 Å². The lowest BCUT2D eigenvalue weighted by Gasteiger charge is -2.49. The number of carbonyl (C=O) groups excluding carboxylic acids is 1. The summed E-state index contributed by atoms with van der Waals surface area (Å²) >= 11 is 0. The van der Waals surface area contributed by atoms with Crippen molar-refractivity contribution in [3.63, 3.8) is 0 Å². The van der Waals surface area contributed by atoms with Gasteiger partial charge in [-0.15, -0.1) is 0 Å². The summed E-state index contributed by atoms with van der Waals surface area (Å²) in [7, 11) is 0. The Hall–Kier alpha value is -3.56. The highest BCUT2D eigenvalue weighted by molar-refractivity contribution is 5.99. The van der Waals surface area contributed by atoms with Crippen LogP contribution < -0.4 is 4.74 Å². The number of rotatable bonds is 4. The average molecular weight is 469 g/mol. The van der Waals surface area contributed by atoms with Gasteiger partial charge in [-0.25, -0.2) is 15.0 Å². The van der Waals surface area contributed by atoms with Gasteiger partial charge in [0.15, 0.2) is 5.82 Å². The molecule has 6 rings (SSSR count). The van der Waals surface area contributed by atoms with Crippen molar-refractivity contribution in [1.29, 1.82) is 0 Å². The lowest BCUT2D eigenvalue weighted by atomic mass is 9.77. The molecule has 10 heteroatoms. The maximum Gasteiger partial charge on any atom is 0.417 e. The Bertz CT molecular complexity index is 1190. The van der Waals surface area contributed by atoms with Gasteiger partial charge in [0.2, 0.25) is 5.88 Å². The zero-order chi connectivity index (χ0) is 23.9. The first-order valence-electron chi connectivity index (χ1n) is 11.0. The highest BCUT2D eigenvalue weighted by Gasteiger charge is 2.45. The van der Waals surface area contributed by atoms with Gasteiger partial charge in [0.1, 0.15) is 11.8 Å². The molecule has 3 aromatic rings. The number of aryl methyl sites for hydroxylation is 1. The van der Waals surface area contributed by atoms with Gasteiger partial charge in [0, 0.05) is 37.4 Å². The summed E-state index contributed by atoms with van der Waals surface area (Å²) in [6, 6.07) is 5.45. The van der Waals surface area contributed by atoms with Crippen molar-refractivity contribution < 1.29 is 22.7 Å². The summed E-state index contributed by atoms with van der Waals surface area (Å²) in [6.45, 7) is 2.46. The Labute approximate surface area is 194 Å². The van der Waals surface area contributed by atoms with E-state index in [1.165, 1.54) is 6.07 Å². The molecule has 1 aliphatic carbocycles. The van der Waals surface area contributed by atoms with Crippen LogP contribution in [0, 0.1) is 12.8 Å². The molecular weight excluding hydrogens is 447 g/mol. The number of hydrogen-bond acceptors (Lipinski definition) is 6. The van der Waals surface area contributed by atoms with Gasteiger partial charge >= 0.3 is 6.18 Å². The van der Waals surface area contributed by atoms with Crippen LogP contribution in [0.3, 0.4) is 0 Å². The SMILES string of the molecule is Cc1cnc(-c2ncccn2)c(C(=O)N2CC3CCC2C(Oc2ccc(C(F)(F)F)cn2)C3)c1. The summed E-state index contributed by atoms with van der Waals surface area (Å²) in [5, 5.41) is 0. The van der Waals surface area contributed by atoms with E-state index in [-0.39, 0.29) is 29.9 Å². The van der Waals surface area contributed by atoms with E-state index in [2.05, 4.69) is 19.9 Å². The van der Waals surface area contributed by atoms with Crippen molar-refractivity contribution in [3.05, 3.63) is 65.7 Å². The van der Waals surface area contributed by atoms with Gasteiger partial charge in [-0.2, -0.15) is 13.2 Å². The molecule has 5 heterocycles. The number of aromatic nitrogens is 4. The predicted octanol–water partition coefficient (Wildman–Crippen LogP) is 4.33. The molecule has 2 bridgehead atoms. The van der Waals surface area contributed by atoms with Crippen LogP contribution in [0.4, 0.5) is 13.2 Å². The van der Waals surface area contributed by atoms with E-state index in [0.717, 1.165) is 37.1 Å². The van der Waals surface area contributed by atoms with E-state index in [4.69, 9.17) is 4.74 Å². The number of ether oxygens (including phenoxy) is 1. The number of hydrogen-bond donors (Lipinski definition) is 0. The standard InChI is InChI=1S/C24H22F3N5O2/c1-14-9-17(21(31-11-14)22-28-7-2-8-29-22)23(33)32-13-15-3-5-18(32)19(10-15)34-20-6-4-16(12-30-20)24(25,26)27/h2,4,6-9,11-12,15,18-19H,3,5,10,13H2,1H3. The first-order chi connectivity index (χ1) is 16.3. The second-order valence-corrected chi connectivity index (χ2v) is 8.72. The number of amides is 1. The molecule has 0 N–H and O–H groups in total. The predicted molar refractivity (Wildman–Crippen MR) is 116 cm³/mol. The molecule has 34 heavy (non-hydrogen) atoms. The van der Waals surface area contributed by atoms with Crippen LogP contribution in [0.25, 0.3) is 11.5 Å². The van der Waals surface area contributed by atoms with Crippen molar-refractivity contribution in [1.82, 2.24) is 24.8 Å².